The Morgan fingerprint density at radius 1 is 1.19 bits per heavy atom. The van der Waals surface area contributed by atoms with Crippen molar-refractivity contribution in [3.8, 4) is 23.3 Å². The normalized spacial score (nSPS) is 10.6. The van der Waals surface area contributed by atoms with E-state index in [9.17, 15) is 13.6 Å². The van der Waals surface area contributed by atoms with Gasteiger partial charge in [0, 0.05) is 11.1 Å². The molecule has 0 aromatic heterocycles. The van der Waals surface area contributed by atoms with Gasteiger partial charge in [-0.25, -0.2) is 0 Å². The highest BCUT2D eigenvalue weighted by atomic mass is 19.3. The minimum atomic E-state index is -3.02. The van der Waals surface area contributed by atoms with E-state index in [4.69, 9.17) is 14.7 Å². The van der Waals surface area contributed by atoms with Crippen molar-refractivity contribution in [3.05, 3.63) is 59.7 Å². The van der Waals surface area contributed by atoms with Gasteiger partial charge in [0.1, 0.15) is 11.8 Å². The van der Waals surface area contributed by atoms with E-state index < -0.39 is 6.61 Å². The van der Waals surface area contributed by atoms with Crippen LogP contribution in [0.4, 0.5) is 8.78 Å². The van der Waals surface area contributed by atoms with Crippen LogP contribution >= 0.6 is 0 Å². The molecule has 0 saturated heterocycles. The van der Waals surface area contributed by atoms with Crippen molar-refractivity contribution >= 4 is 11.9 Å². The first-order chi connectivity index (χ1) is 13.0. The number of alkyl halides is 2. The van der Waals surface area contributed by atoms with Crippen molar-refractivity contribution < 1.29 is 27.8 Å². The lowest BCUT2D eigenvalue weighted by atomic mass is 10.1. The molecule has 0 aliphatic rings. The summed E-state index contributed by atoms with van der Waals surface area (Å²) in [5.74, 6) is 0.186. The quantitative estimate of drug-likeness (QED) is 0.479. The number of para-hydroxylation sites is 1. The highest BCUT2D eigenvalue weighted by molar-refractivity contribution is 6.07. The predicted octanol–water partition coefficient (Wildman–Crippen LogP) is 4.49. The maximum atomic E-state index is 12.7. The third-order valence-electron chi connectivity index (χ3n) is 3.37. The summed E-state index contributed by atoms with van der Waals surface area (Å²) in [6, 6.07) is 12.8. The van der Waals surface area contributed by atoms with Gasteiger partial charge in [0.2, 0.25) is 0 Å². The summed E-state index contributed by atoms with van der Waals surface area (Å²) < 4.78 is 40.4. The Kier molecular flexibility index (Phi) is 7.32. The minimum Gasteiger partial charge on any atom is -0.490 e. The average molecular weight is 373 g/mol. The molecule has 0 spiro atoms. The first kappa shape index (κ1) is 19.9. The number of ether oxygens (including phenoxy) is 3. The van der Waals surface area contributed by atoms with Gasteiger partial charge in [0.25, 0.3) is 0 Å². The number of benzene rings is 2. The lowest BCUT2D eigenvalue weighted by Gasteiger charge is -2.13. The molecular weight excluding hydrogens is 356 g/mol. The number of hydrogen-bond acceptors (Lipinski definition) is 5. The van der Waals surface area contributed by atoms with Gasteiger partial charge >= 0.3 is 6.61 Å². The lowest BCUT2D eigenvalue weighted by molar-refractivity contribution is -0.0515. The molecule has 0 saturated carbocycles. The van der Waals surface area contributed by atoms with Gasteiger partial charge in [-0.05, 0) is 49.4 Å². The molecule has 0 fully saturated rings. The first-order valence-corrected chi connectivity index (χ1v) is 8.08. The van der Waals surface area contributed by atoms with Crippen molar-refractivity contribution in [1.82, 2.24) is 0 Å². The Labute approximate surface area is 155 Å². The van der Waals surface area contributed by atoms with Crippen LogP contribution in [-0.2, 0) is 0 Å². The van der Waals surface area contributed by atoms with Crippen LogP contribution in [0.3, 0.4) is 0 Å². The zero-order chi connectivity index (χ0) is 19.6. The Bertz CT molecular complexity index is 842. The molecule has 5 nitrogen and oxygen atoms in total. The summed E-state index contributed by atoms with van der Waals surface area (Å²) in [4.78, 5) is 12.3. The molecule has 27 heavy (non-hydrogen) atoms. The second kappa shape index (κ2) is 9.92. The smallest absolute Gasteiger partial charge is 0.387 e. The number of ketones is 1. The van der Waals surface area contributed by atoms with Crippen LogP contribution in [0.5, 0.6) is 17.2 Å². The van der Waals surface area contributed by atoms with Gasteiger partial charge in [-0.3, -0.25) is 4.79 Å². The number of hydrogen-bond donors (Lipinski definition) is 0. The SMILES string of the molecule is CCOc1cccc(/C=C/C(=O)c2ccc(OCC#N)cc2)c1OC(F)F. The number of halogens is 2. The number of carbonyl (C=O) groups is 1. The molecule has 140 valence electrons. The molecule has 0 bridgehead atoms. The molecular formula is C20H17F2NO4. The lowest BCUT2D eigenvalue weighted by Crippen LogP contribution is -2.06. The first-order valence-electron chi connectivity index (χ1n) is 8.08. The molecule has 2 aromatic carbocycles. The molecule has 0 radical (unpaired) electrons. The van der Waals surface area contributed by atoms with Crippen LogP contribution in [0.15, 0.2) is 48.5 Å². The highest BCUT2D eigenvalue weighted by Crippen LogP contribution is 2.33. The molecule has 0 atom stereocenters. The van der Waals surface area contributed by atoms with Gasteiger partial charge < -0.3 is 14.2 Å². The standard InChI is InChI=1S/C20H17F2NO4/c1-2-25-18-5-3-4-15(19(18)27-20(21)22)8-11-17(24)14-6-9-16(10-7-14)26-13-12-23/h3-11,20H,2,13H2,1H3/b11-8+. The third kappa shape index (κ3) is 5.82. The van der Waals surface area contributed by atoms with Gasteiger partial charge in [-0.1, -0.05) is 12.1 Å². The zero-order valence-corrected chi connectivity index (χ0v) is 14.5. The highest BCUT2D eigenvalue weighted by Gasteiger charge is 2.14. The largest absolute Gasteiger partial charge is 0.490 e. The topological polar surface area (TPSA) is 68.5 Å². The Morgan fingerprint density at radius 3 is 2.56 bits per heavy atom. The monoisotopic (exact) mass is 373 g/mol. The summed E-state index contributed by atoms with van der Waals surface area (Å²) in [7, 11) is 0. The molecule has 0 N–H and O–H groups in total. The molecule has 0 aliphatic heterocycles. The van der Waals surface area contributed by atoms with E-state index in [1.165, 1.54) is 18.2 Å². The second-order valence-electron chi connectivity index (χ2n) is 5.15. The van der Waals surface area contributed by atoms with E-state index in [0.29, 0.717) is 16.9 Å². The fourth-order valence-corrected chi connectivity index (χ4v) is 2.24. The number of carbonyl (C=O) groups excluding carboxylic acids is 1. The average Bonchev–Trinajstić information content (AvgIpc) is 2.66. The van der Waals surface area contributed by atoms with Gasteiger partial charge in [-0.2, -0.15) is 14.0 Å². The summed E-state index contributed by atoms with van der Waals surface area (Å²) in [6.45, 7) is -1.10. The van der Waals surface area contributed by atoms with Crippen LogP contribution in [0, 0.1) is 11.3 Å². The fourth-order valence-electron chi connectivity index (χ4n) is 2.24. The molecule has 0 aliphatic carbocycles. The van der Waals surface area contributed by atoms with E-state index in [-0.39, 0.29) is 30.5 Å². The van der Waals surface area contributed by atoms with E-state index in [2.05, 4.69) is 4.74 Å². The maximum Gasteiger partial charge on any atom is 0.387 e. The third-order valence-corrected chi connectivity index (χ3v) is 3.37. The van der Waals surface area contributed by atoms with Crippen molar-refractivity contribution in [2.45, 2.75) is 13.5 Å². The molecule has 0 unspecified atom stereocenters. The van der Waals surface area contributed by atoms with E-state index in [1.807, 2.05) is 6.07 Å². The number of nitrogens with zero attached hydrogens (tertiary/aromatic N) is 1. The predicted molar refractivity (Wildman–Crippen MR) is 95.2 cm³/mol. The van der Waals surface area contributed by atoms with Crippen LogP contribution in [0.1, 0.15) is 22.8 Å². The van der Waals surface area contributed by atoms with Crippen LogP contribution in [-0.4, -0.2) is 25.6 Å². The van der Waals surface area contributed by atoms with Crippen molar-refractivity contribution in [2.24, 2.45) is 0 Å². The number of nitriles is 1. The summed E-state index contributed by atoms with van der Waals surface area (Å²) in [5.41, 5.74) is 0.677. The second-order valence-corrected chi connectivity index (χ2v) is 5.15. The van der Waals surface area contributed by atoms with Gasteiger partial charge in [-0.15, -0.1) is 0 Å². The van der Waals surface area contributed by atoms with Gasteiger partial charge in [0.15, 0.2) is 23.9 Å². The van der Waals surface area contributed by atoms with Crippen LogP contribution < -0.4 is 14.2 Å². The molecule has 7 heteroatoms. The molecule has 0 heterocycles. The Hall–Kier alpha value is -3.40. The summed E-state index contributed by atoms with van der Waals surface area (Å²) in [5, 5.41) is 8.47. The molecule has 2 aromatic rings. The zero-order valence-electron chi connectivity index (χ0n) is 14.5. The fraction of sp³-hybridized carbons (Fsp3) is 0.200. The Balaban J connectivity index is 2.20. The number of rotatable bonds is 9. The molecule has 0 amide bonds. The van der Waals surface area contributed by atoms with Crippen LogP contribution in [0.2, 0.25) is 0 Å². The summed E-state index contributed by atoms with van der Waals surface area (Å²) in [6.07, 6.45) is 2.65. The van der Waals surface area contributed by atoms with E-state index >= 15 is 0 Å². The minimum absolute atomic E-state index is 0.0870. The summed E-state index contributed by atoms with van der Waals surface area (Å²) >= 11 is 0. The van der Waals surface area contributed by atoms with Crippen LogP contribution in [0.25, 0.3) is 6.08 Å². The van der Waals surface area contributed by atoms with Crippen molar-refractivity contribution in [1.29, 1.82) is 5.26 Å². The maximum absolute atomic E-state index is 12.7. The number of allylic oxidation sites excluding steroid dienone is 1. The van der Waals surface area contributed by atoms with E-state index in [1.54, 1.807) is 43.3 Å². The molecule has 2 rings (SSSR count). The van der Waals surface area contributed by atoms with Crippen molar-refractivity contribution in [2.75, 3.05) is 13.2 Å². The van der Waals surface area contributed by atoms with Crippen molar-refractivity contribution in [3.63, 3.8) is 0 Å². The van der Waals surface area contributed by atoms with Gasteiger partial charge in [0.05, 0.1) is 6.61 Å². The Morgan fingerprint density at radius 2 is 1.93 bits per heavy atom. The van der Waals surface area contributed by atoms with E-state index in [0.717, 1.165) is 0 Å².